The summed E-state index contributed by atoms with van der Waals surface area (Å²) in [4.78, 5) is 42.3. The van der Waals surface area contributed by atoms with Crippen LogP contribution in [0.25, 0.3) is 10.8 Å². The van der Waals surface area contributed by atoms with E-state index >= 15 is 0 Å². The second kappa shape index (κ2) is 13.6. The van der Waals surface area contributed by atoms with E-state index in [1.54, 1.807) is 20.8 Å². The molecule has 8 heteroatoms. The zero-order chi connectivity index (χ0) is 30.3. The highest BCUT2D eigenvalue weighted by Crippen LogP contribution is 2.28. The Morgan fingerprint density at radius 3 is 2.15 bits per heavy atom. The summed E-state index contributed by atoms with van der Waals surface area (Å²) in [5, 5.41) is 17.8. The van der Waals surface area contributed by atoms with E-state index in [1.807, 2.05) is 88.4 Å². The number of carbonyl (C=O) groups is 3. The van der Waals surface area contributed by atoms with Crippen LogP contribution >= 0.6 is 0 Å². The van der Waals surface area contributed by atoms with Crippen molar-refractivity contribution in [2.45, 2.75) is 72.6 Å². The fraction of sp³-hybridized carbons (Fsp3) is 0.424. The molecule has 0 saturated carbocycles. The maximum Gasteiger partial charge on any atom is 0.408 e. The number of ether oxygens (including phenoxy) is 1. The molecule has 8 nitrogen and oxygen atoms in total. The molecule has 3 rings (SSSR count). The minimum atomic E-state index is -1.06. The summed E-state index contributed by atoms with van der Waals surface area (Å²) in [7, 11) is 0. The molecular formula is C33H43N3O5. The molecule has 0 aliphatic heterocycles. The first kappa shape index (κ1) is 31.6. The number of fused-ring (bicyclic) bond motifs is 1. The van der Waals surface area contributed by atoms with Crippen LogP contribution in [0.2, 0.25) is 0 Å². The molecule has 3 aromatic carbocycles. The number of benzene rings is 3. The van der Waals surface area contributed by atoms with Gasteiger partial charge in [-0.3, -0.25) is 9.59 Å². The van der Waals surface area contributed by atoms with E-state index in [0.717, 1.165) is 21.9 Å². The lowest BCUT2D eigenvalue weighted by Gasteiger charge is -2.34. The highest BCUT2D eigenvalue weighted by Gasteiger charge is 2.36. The first-order valence-corrected chi connectivity index (χ1v) is 14.1. The van der Waals surface area contributed by atoms with Gasteiger partial charge in [-0.25, -0.2) is 4.79 Å². The van der Waals surface area contributed by atoms with Crippen LogP contribution in [-0.2, 0) is 14.3 Å². The van der Waals surface area contributed by atoms with Crippen molar-refractivity contribution in [1.82, 2.24) is 10.2 Å². The highest BCUT2D eigenvalue weighted by atomic mass is 16.6. The summed E-state index contributed by atoms with van der Waals surface area (Å²) in [6, 6.07) is 17.2. The molecule has 0 fully saturated rings. The van der Waals surface area contributed by atoms with E-state index in [2.05, 4.69) is 10.6 Å². The zero-order valence-corrected chi connectivity index (χ0v) is 25.2. The van der Waals surface area contributed by atoms with E-state index in [4.69, 9.17) is 4.74 Å². The number of aliphatic hydroxyl groups excluding tert-OH is 1. The minimum Gasteiger partial charge on any atom is -0.444 e. The van der Waals surface area contributed by atoms with Crippen LogP contribution in [-0.4, -0.2) is 52.7 Å². The quantitative estimate of drug-likeness (QED) is 0.286. The Morgan fingerprint density at radius 1 is 0.927 bits per heavy atom. The number of nitrogens with one attached hydrogen (secondary N) is 2. The molecule has 41 heavy (non-hydrogen) atoms. The summed E-state index contributed by atoms with van der Waals surface area (Å²) in [6.07, 6.45) is -0.393. The van der Waals surface area contributed by atoms with E-state index in [1.165, 1.54) is 4.90 Å². The molecule has 220 valence electrons. The predicted molar refractivity (Wildman–Crippen MR) is 163 cm³/mol. The summed E-state index contributed by atoms with van der Waals surface area (Å²) < 4.78 is 5.43. The number of aryl methyl sites for hydroxylation is 2. The lowest BCUT2D eigenvalue weighted by molar-refractivity contribution is -0.141. The number of hydrogen-bond acceptors (Lipinski definition) is 5. The topological polar surface area (TPSA) is 108 Å². The van der Waals surface area contributed by atoms with Gasteiger partial charge in [-0.15, -0.1) is 0 Å². The van der Waals surface area contributed by atoms with Crippen LogP contribution in [0, 0.1) is 19.8 Å². The number of aliphatic hydroxyl groups is 1. The lowest BCUT2D eigenvalue weighted by atomic mass is 9.97. The maximum absolute atomic E-state index is 14.2. The Kier molecular flexibility index (Phi) is 10.5. The van der Waals surface area contributed by atoms with Crippen molar-refractivity contribution in [3.8, 4) is 0 Å². The summed E-state index contributed by atoms with van der Waals surface area (Å²) >= 11 is 0. The third kappa shape index (κ3) is 9.05. The van der Waals surface area contributed by atoms with Gasteiger partial charge < -0.3 is 25.4 Å². The van der Waals surface area contributed by atoms with Gasteiger partial charge in [0.15, 0.2) is 0 Å². The molecule has 0 spiro atoms. The normalized spacial score (nSPS) is 13.0. The molecule has 3 amide bonds. The molecule has 3 N–H and O–H groups in total. The van der Waals surface area contributed by atoms with Crippen molar-refractivity contribution in [2.75, 3.05) is 18.5 Å². The smallest absolute Gasteiger partial charge is 0.408 e. The summed E-state index contributed by atoms with van der Waals surface area (Å²) in [6.45, 7) is 12.5. The predicted octanol–water partition coefficient (Wildman–Crippen LogP) is 5.90. The number of nitrogens with zero attached hydrogens (tertiary/aromatic N) is 1. The third-order valence-electron chi connectivity index (χ3n) is 6.46. The Bertz CT molecular complexity index is 1360. The molecule has 0 bridgehead atoms. The van der Waals surface area contributed by atoms with Gasteiger partial charge in [-0.05, 0) is 75.4 Å². The van der Waals surface area contributed by atoms with E-state index in [0.29, 0.717) is 17.7 Å². The molecule has 0 heterocycles. The molecule has 0 aliphatic rings. The number of rotatable bonds is 10. The Hall–Kier alpha value is -3.91. The third-order valence-corrected chi connectivity index (χ3v) is 6.46. The Morgan fingerprint density at radius 2 is 1.56 bits per heavy atom. The maximum atomic E-state index is 14.2. The van der Waals surface area contributed by atoms with Crippen LogP contribution in [0.4, 0.5) is 10.5 Å². The van der Waals surface area contributed by atoms with Gasteiger partial charge in [-0.2, -0.15) is 0 Å². The molecule has 0 aromatic heterocycles. The van der Waals surface area contributed by atoms with Crippen LogP contribution in [0.1, 0.15) is 63.8 Å². The standard InChI is InChI=1S/C33H43N3O5/c1-21(2)16-28(35-32(40)41-33(5,6)7)31(39)36(14-15-37)29(26-18-22(3)17-23(4)19-26)30(38)34-27-13-12-24-10-8-9-11-25(24)20-27/h8-13,17-21,28-29,37H,14-16H2,1-7H3,(H,34,38)(H,35,40). The van der Waals surface area contributed by atoms with E-state index in [-0.39, 0.29) is 19.1 Å². The van der Waals surface area contributed by atoms with Gasteiger partial charge in [0, 0.05) is 12.2 Å². The van der Waals surface area contributed by atoms with Crippen molar-refractivity contribution >= 4 is 34.4 Å². The fourth-order valence-corrected chi connectivity index (χ4v) is 4.94. The molecule has 0 saturated heterocycles. The molecule has 2 unspecified atom stereocenters. The zero-order valence-electron chi connectivity index (χ0n) is 25.2. The molecule has 0 aliphatic carbocycles. The molecule has 0 radical (unpaired) electrons. The molecule has 3 aromatic rings. The average Bonchev–Trinajstić information content (AvgIpc) is 2.85. The number of alkyl carbamates (subject to hydrolysis) is 1. The lowest BCUT2D eigenvalue weighted by Crippen LogP contribution is -2.53. The first-order chi connectivity index (χ1) is 19.3. The number of anilines is 1. The second-order valence-electron chi connectivity index (χ2n) is 12.0. The molecular weight excluding hydrogens is 518 g/mol. The number of amides is 3. The highest BCUT2D eigenvalue weighted by molar-refractivity contribution is 6.00. The molecule has 2 atom stereocenters. The minimum absolute atomic E-state index is 0.0564. The van der Waals surface area contributed by atoms with Crippen LogP contribution in [0.3, 0.4) is 0 Å². The first-order valence-electron chi connectivity index (χ1n) is 14.1. The summed E-state index contributed by atoms with van der Waals surface area (Å²) in [5.74, 6) is -0.843. The Labute approximate surface area is 243 Å². The van der Waals surface area contributed by atoms with Crippen molar-refractivity contribution in [2.24, 2.45) is 5.92 Å². The van der Waals surface area contributed by atoms with Crippen LogP contribution < -0.4 is 10.6 Å². The van der Waals surface area contributed by atoms with Gasteiger partial charge in [0.1, 0.15) is 17.7 Å². The van der Waals surface area contributed by atoms with Crippen molar-refractivity contribution in [3.05, 3.63) is 77.4 Å². The number of carbonyl (C=O) groups excluding carboxylic acids is 3. The van der Waals surface area contributed by atoms with Gasteiger partial charge in [0.25, 0.3) is 5.91 Å². The summed E-state index contributed by atoms with van der Waals surface area (Å²) in [5.41, 5.74) is 2.33. The second-order valence-corrected chi connectivity index (χ2v) is 12.0. The van der Waals surface area contributed by atoms with E-state index < -0.39 is 35.6 Å². The van der Waals surface area contributed by atoms with Gasteiger partial charge in [-0.1, -0.05) is 73.5 Å². The van der Waals surface area contributed by atoms with Gasteiger partial charge >= 0.3 is 6.09 Å². The Balaban J connectivity index is 2.04. The van der Waals surface area contributed by atoms with Crippen LogP contribution in [0.15, 0.2) is 60.7 Å². The van der Waals surface area contributed by atoms with Crippen molar-refractivity contribution in [1.29, 1.82) is 0 Å². The van der Waals surface area contributed by atoms with Crippen LogP contribution in [0.5, 0.6) is 0 Å². The monoisotopic (exact) mass is 561 g/mol. The van der Waals surface area contributed by atoms with E-state index in [9.17, 15) is 19.5 Å². The van der Waals surface area contributed by atoms with Crippen molar-refractivity contribution in [3.63, 3.8) is 0 Å². The number of hydrogen-bond donors (Lipinski definition) is 3. The van der Waals surface area contributed by atoms with Crippen molar-refractivity contribution < 1.29 is 24.2 Å². The van der Waals surface area contributed by atoms with Gasteiger partial charge in [0.2, 0.25) is 5.91 Å². The fourth-order valence-electron chi connectivity index (χ4n) is 4.94. The van der Waals surface area contributed by atoms with Gasteiger partial charge in [0.05, 0.1) is 6.61 Å². The largest absolute Gasteiger partial charge is 0.444 e. The average molecular weight is 562 g/mol. The SMILES string of the molecule is Cc1cc(C)cc(C(C(=O)Nc2ccc3ccccc3c2)N(CCO)C(=O)C(CC(C)C)NC(=O)OC(C)(C)C)c1.